The first-order valence-corrected chi connectivity index (χ1v) is 11.3. The number of anilines is 2. The molecule has 0 aliphatic carbocycles. The van der Waals surface area contributed by atoms with E-state index < -0.39 is 6.17 Å². The van der Waals surface area contributed by atoms with E-state index in [-0.39, 0.29) is 5.91 Å². The van der Waals surface area contributed by atoms with Gasteiger partial charge < -0.3 is 10.1 Å². The molecule has 0 bridgehead atoms. The lowest BCUT2D eigenvalue weighted by Crippen LogP contribution is -2.43. The Morgan fingerprint density at radius 1 is 0.818 bits per heavy atom. The maximum atomic E-state index is 13.5. The zero-order valence-electron chi connectivity index (χ0n) is 17.5. The van der Waals surface area contributed by atoms with E-state index in [0.717, 1.165) is 28.3 Å². The summed E-state index contributed by atoms with van der Waals surface area (Å²) in [6, 6.07) is 30.2. The van der Waals surface area contributed by atoms with Gasteiger partial charge in [-0.3, -0.25) is 9.69 Å². The standard InChI is InChI=1S/C27H20Cl2N2O2/c28-20-12-8-18(9-13-20)17-33-23-14-10-19(11-15-23)26-30-25-7-2-1-6-24(25)27(32)31(26)22-5-3-4-21(29)16-22/h1-16,26,30H,17H2/t26-/m0/s1. The number of fused-ring (bicyclic) bond motifs is 1. The number of para-hydroxylation sites is 1. The lowest BCUT2D eigenvalue weighted by molar-refractivity contribution is 0.0975. The van der Waals surface area contributed by atoms with Gasteiger partial charge in [-0.2, -0.15) is 0 Å². The van der Waals surface area contributed by atoms with Crippen LogP contribution in [0.2, 0.25) is 10.0 Å². The van der Waals surface area contributed by atoms with Gasteiger partial charge in [0.1, 0.15) is 18.5 Å². The number of halogens is 2. The van der Waals surface area contributed by atoms with Gasteiger partial charge >= 0.3 is 0 Å². The molecule has 5 rings (SSSR count). The zero-order valence-corrected chi connectivity index (χ0v) is 19.1. The summed E-state index contributed by atoms with van der Waals surface area (Å²) in [5.74, 6) is 0.658. The quantitative estimate of drug-likeness (QED) is 0.328. The predicted octanol–water partition coefficient (Wildman–Crippen LogP) is 7.34. The monoisotopic (exact) mass is 474 g/mol. The molecule has 0 radical (unpaired) electrons. The lowest BCUT2D eigenvalue weighted by atomic mass is 10.0. The number of carbonyl (C=O) groups is 1. The number of hydrogen-bond acceptors (Lipinski definition) is 3. The molecule has 0 saturated carbocycles. The molecule has 1 atom stereocenters. The predicted molar refractivity (Wildman–Crippen MR) is 133 cm³/mol. The summed E-state index contributed by atoms with van der Waals surface area (Å²) in [5, 5.41) is 4.77. The van der Waals surface area contributed by atoms with Crippen molar-refractivity contribution in [2.24, 2.45) is 0 Å². The summed E-state index contributed by atoms with van der Waals surface area (Å²) in [6.45, 7) is 0.443. The Morgan fingerprint density at radius 3 is 2.33 bits per heavy atom. The van der Waals surface area contributed by atoms with Gasteiger partial charge in [0, 0.05) is 21.4 Å². The summed E-state index contributed by atoms with van der Waals surface area (Å²) >= 11 is 12.2. The largest absolute Gasteiger partial charge is 0.489 e. The number of carbonyl (C=O) groups excluding carboxylic acids is 1. The van der Waals surface area contributed by atoms with Crippen molar-refractivity contribution >= 4 is 40.5 Å². The molecular weight excluding hydrogens is 455 g/mol. The van der Waals surface area contributed by atoms with Crippen LogP contribution in [0.3, 0.4) is 0 Å². The van der Waals surface area contributed by atoms with Crippen molar-refractivity contribution in [1.29, 1.82) is 0 Å². The topological polar surface area (TPSA) is 41.6 Å². The summed E-state index contributed by atoms with van der Waals surface area (Å²) in [6.07, 6.45) is -0.392. The maximum absolute atomic E-state index is 13.5. The van der Waals surface area contributed by atoms with Crippen LogP contribution in [0.1, 0.15) is 27.7 Å². The first-order valence-electron chi connectivity index (χ1n) is 10.5. The average Bonchev–Trinajstić information content (AvgIpc) is 2.84. The van der Waals surface area contributed by atoms with Crippen molar-refractivity contribution < 1.29 is 9.53 Å². The van der Waals surface area contributed by atoms with Crippen LogP contribution in [-0.4, -0.2) is 5.91 Å². The highest BCUT2D eigenvalue weighted by Crippen LogP contribution is 2.37. The van der Waals surface area contributed by atoms with E-state index in [4.69, 9.17) is 27.9 Å². The van der Waals surface area contributed by atoms with Gasteiger partial charge in [-0.1, -0.05) is 65.7 Å². The number of amides is 1. The molecule has 164 valence electrons. The fourth-order valence-electron chi connectivity index (χ4n) is 3.87. The third kappa shape index (κ3) is 4.54. The second-order valence-corrected chi connectivity index (χ2v) is 8.60. The minimum absolute atomic E-state index is 0.0836. The van der Waals surface area contributed by atoms with Gasteiger partial charge in [-0.25, -0.2) is 0 Å². The van der Waals surface area contributed by atoms with Crippen molar-refractivity contribution in [1.82, 2.24) is 0 Å². The second kappa shape index (κ2) is 9.18. The minimum atomic E-state index is -0.392. The Balaban J connectivity index is 1.43. The molecule has 1 heterocycles. The van der Waals surface area contributed by atoms with E-state index in [2.05, 4.69) is 5.32 Å². The van der Waals surface area contributed by atoms with Crippen molar-refractivity contribution in [3.8, 4) is 5.75 Å². The summed E-state index contributed by atoms with van der Waals surface area (Å²) < 4.78 is 5.92. The molecule has 33 heavy (non-hydrogen) atoms. The molecule has 0 unspecified atom stereocenters. The van der Waals surface area contributed by atoms with Crippen LogP contribution in [0.4, 0.5) is 11.4 Å². The molecule has 4 aromatic rings. The van der Waals surface area contributed by atoms with Gasteiger partial charge in [0.25, 0.3) is 5.91 Å². The van der Waals surface area contributed by atoms with Gasteiger partial charge in [-0.05, 0) is 65.7 Å². The molecule has 1 amide bonds. The Bertz CT molecular complexity index is 1290. The van der Waals surface area contributed by atoms with Gasteiger partial charge in [-0.15, -0.1) is 0 Å². The van der Waals surface area contributed by atoms with Crippen molar-refractivity contribution in [2.75, 3.05) is 10.2 Å². The molecule has 4 nitrogen and oxygen atoms in total. The van der Waals surface area contributed by atoms with E-state index in [1.54, 1.807) is 17.0 Å². The number of benzene rings is 4. The minimum Gasteiger partial charge on any atom is -0.489 e. The molecule has 1 aliphatic rings. The summed E-state index contributed by atoms with van der Waals surface area (Å²) in [5.41, 5.74) is 4.11. The molecule has 1 N–H and O–H groups in total. The molecule has 0 fully saturated rings. The third-order valence-corrected chi connectivity index (χ3v) is 6.01. The van der Waals surface area contributed by atoms with Gasteiger partial charge in [0.05, 0.1) is 5.56 Å². The van der Waals surface area contributed by atoms with E-state index in [9.17, 15) is 4.79 Å². The molecule has 0 spiro atoms. The zero-order chi connectivity index (χ0) is 22.8. The maximum Gasteiger partial charge on any atom is 0.262 e. The van der Waals surface area contributed by atoms with Crippen LogP contribution in [0.25, 0.3) is 0 Å². The third-order valence-electron chi connectivity index (χ3n) is 5.53. The van der Waals surface area contributed by atoms with Crippen LogP contribution in [0.5, 0.6) is 5.75 Å². The molecule has 6 heteroatoms. The average molecular weight is 475 g/mol. The van der Waals surface area contributed by atoms with Crippen LogP contribution in [0, 0.1) is 0 Å². The number of ether oxygens (including phenoxy) is 1. The molecule has 0 saturated heterocycles. The Labute approximate surface area is 202 Å². The van der Waals surface area contributed by atoms with Gasteiger partial charge in [0.15, 0.2) is 0 Å². The Hall–Kier alpha value is -3.47. The number of hydrogen-bond donors (Lipinski definition) is 1. The van der Waals surface area contributed by atoms with Crippen LogP contribution < -0.4 is 15.0 Å². The van der Waals surface area contributed by atoms with Crippen molar-refractivity contribution in [3.05, 3.63) is 124 Å². The van der Waals surface area contributed by atoms with Crippen molar-refractivity contribution in [2.45, 2.75) is 12.8 Å². The first kappa shape index (κ1) is 21.4. The number of rotatable bonds is 5. The lowest BCUT2D eigenvalue weighted by Gasteiger charge is -2.38. The van der Waals surface area contributed by atoms with E-state index in [1.165, 1.54) is 0 Å². The fraction of sp³-hybridized carbons (Fsp3) is 0.0741. The summed E-state index contributed by atoms with van der Waals surface area (Å²) in [4.78, 5) is 15.2. The first-order chi connectivity index (χ1) is 16.1. The normalized spacial score (nSPS) is 15.0. The Kier molecular flexibility index (Phi) is 5.95. The molecular formula is C27H20Cl2N2O2. The highest BCUT2D eigenvalue weighted by molar-refractivity contribution is 6.31. The van der Waals surface area contributed by atoms with E-state index >= 15 is 0 Å². The van der Waals surface area contributed by atoms with Crippen LogP contribution in [-0.2, 0) is 6.61 Å². The van der Waals surface area contributed by atoms with E-state index in [0.29, 0.717) is 22.2 Å². The van der Waals surface area contributed by atoms with E-state index in [1.807, 2.05) is 84.9 Å². The smallest absolute Gasteiger partial charge is 0.262 e. The number of nitrogens with zero attached hydrogens (tertiary/aromatic N) is 1. The van der Waals surface area contributed by atoms with Crippen LogP contribution >= 0.6 is 23.2 Å². The molecule has 0 aromatic heterocycles. The fourth-order valence-corrected chi connectivity index (χ4v) is 4.18. The highest BCUT2D eigenvalue weighted by Gasteiger charge is 2.34. The SMILES string of the molecule is O=C1c2ccccc2N[C@H](c2ccc(OCc3ccc(Cl)cc3)cc2)N1c1cccc(Cl)c1. The second-order valence-electron chi connectivity index (χ2n) is 7.73. The molecule has 1 aliphatic heterocycles. The molecule has 4 aromatic carbocycles. The Morgan fingerprint density at radius 2 is 1.58 bits per heavy atom. The summed E-state index contributed by atoms with van der Waals surface area (Å²) in [7, 11) is 0. The highest BCUT2D eigenvalue weighted by atomic mass is 35.5. The van der Waals surface area contributed by atoms with Crippen molar-refractivity contribution in [3.63, 3.8) is 0 Å². The van der Waals surface area contributed by atoms with Crippen LogP contribution in [0.15, 0.2) is 97.1 Å². The number of nitrogens with one attached hydrogen (secondary N) is 1. The van der Waals surface area contributed by atoms with Gasteiger partial charge in [0.2, 0.25) is 0 Å².